The van der Waals surface area contributed by atoms with Crippen molar-refractivity contribution in [3.63, 3.8) is 0 Å². The van der Waals surface area contributed by atoms with Gasteiger partial charge < -0.3 is 5.73 Å². The van der Waals surface area contributed by atoms with Gasteiger partial charge in [0.1, 0.15) is 5.66 Å². The van der Waals surface area contributed by atoms with E-state index in [1.165, 1.54) is 0 Å². The van der Waals surface area contributed by atoms with Crippen LogP contribution in [-0.4, -0.2) is 10.6 Å². The lowest BCUT2D eigenvalue weighted by molar-refractivity contribution is 0.590. The molecule has 1 aromatic heterocycles. The molecule has 0 aliphatic carbocycles. The monoisotopic (exact) mass is 174 g/mol. The molecule has 2 N–H and O–H groups in total. The fourth-order valence-corrected chi connectivity index (χ4v) is 1.07. The average molecular weight is 174 g/mol. The Kier molecular flexibility index (Phi) is 1.70. The number of nitrogens with zero attached hydrogens (tertiary/aromatic N) is 3. The summed E-state index contributed by atoms with van der Waals surface area (Å²) in [5.74, 6) is 0.618. The third-order valence-corrected chi connectivity index (χ3v) is 1.78. The summed E-state index contributed by atoms with van der Waals surface area (Å²) in [6, 6.07) is 3.79. The van der Waals surface area contributed by atoms with Gasteiger partial charge in [-0.25, -0.2) is 4.98 Å². The molecule has 66 valence electrons. The van der Waals surface area contributed by atoms with Crippen LogP contribution in [0.15, 0.2) is 34.6 Å². The summed E-state index contributed by atoms with van der Waals surface area (Å²) in [6.07, 6.45) is 5.39. The van der Waals surface area contributed by atoms with E-state index in [9.17, 15) is 0 Å². The lowest BCUT2D eigenvalue weighted by atomic mass is 10.1. The number of nitrogens with two attached hydrogens (primary N) is 1. The van der Waals surface area contributed by atoms with Crippen LogP contribution in [0.5, 0.6) is 0 Å². The first-order chi connectivity index (χ1) is 6.17. The largest absolute Gasteiger partial charge is 0.303 e. The maximum Gasteiger partial charge on any atom is 0.181 e. The van der Waals surface area contributed by atoms with E-state index in [1.54, 1.807) is 13.1 Å². The number of pyridine rings is 1. The van der Waals surface area contributed by atoms with Gasteiger partial charge in [0.15, 0.2) is 5.82 Å². The predicted molar refractivity (Wildman–Crippen MR) is 50.4 cm³/mol. The van der Waals surface area contributed by atoms with Crippen molar-refractivity contribution in [2.24, 2.45) is 16.0 Å². The van der Waals surface area contributed by atoms with Crippen molar-refractivity contribution in [2.45, 2.75) is 12.6 Å². The molecule has 4 nitrogen and oxygen atoms in total. The van der Waals surface area contributed by atoms with Crippen LogP contribution in [0.2, 0.25) is 0 Å². The van der Waals surface area contributed by atoms with Gasteiger partial charge in [-0.2, -0.15) is 5.11 Å². The molecule has 2 heterocycles. The molecule has 1 unspecified atom stereocenters. The van der Waals surface area contributed by atoms with Gasteiger partial charge in [0.2, 0.25) is 0 Å². The fraction of sp³-hybridized carbons (Fsp3) is 0.222. The molecule has 1 aliphatic heterocycles. The van der Waals surface area contributed by atoms with Gasteiger partial charge in [-0.3, -0.25) is 0 Å². The third-order valence-electron chi connectivity index (χ3n) is 1.78. The van der Waals surface area contributed by atoms with Crippen LogP contribution < -0.4 is 5.73 Å². The zero-order valence-corrected chi connectivity index (χ0v) is 7.31. The second-order valence-corrected chi connectivity index (χ2v) is 3.18. The lowest BCUT2D eigenvalue weighted by Crippen LogP contribution is -2.29. The summed E-state index contributed by atoms with van der Waals surface area (Å²) < 4.78 is 0. The van der Waals surface area contributed by atoms with E-state index in [1.807, 2.05) is 24.3 Å². The Morgan fingerprint density at radius 3 is 3.15 bits per heavy atom. The van der Waals surface area contributed by atoms with E-state index >= 15 is 0 Å². The van der Waals surface area contributed by atoms with E-state index in [4.69, 9.17) is 5.73 Å². The molecule has 0 radical (unpaired) electrons. The SMILES string of the molecule is CC1(N)C=Cc2cccnc2N=N1. The van der Waals surface area contributed by atoms with Crippen molar-refractivity contribution in [3.8, 4) is 0 Å². The Balaban J connectivity index is 2.53. The highest BCUT2D eigenvalue weighted by Crippen LogP contribution is 2.23. The standard InChI is InChI=1S/C9H10N4/c1-9(10)5-4-7-3-2-6-11-8(7)12-13-9/h2-6H,10H2,1H3. The van der Waals surface area contributed by atoms with Crippen LogP contribution in [0.3, 0.4) is 0 Å². The number of azo groups is 1. The minimum absolute atomic E-state index is 0.618. The van der Waals surface area contributed by atoms with Crippen LogP contribution >= 0.6 is 0 Å². The normalized spacial score (nSPS) is 25.4. The van der Waals surface area contributed by atoms with Gasteiger partial charge in [-0.1, -0.05) is 6.08 Å². The quantitative estimate of drug-likeness (QED) is 0.652. The van der Waals surface area contributed by atoms with Gasteiger partial charge in [-0.15, -0.1) is 5.11 Å². The molecule has 1 atom stereocenters. The molecular weight excluding hydrogens is 164 g/mol. The number of fused-ring (bicyclic) bond motifs is 1. The summed E-state index contributed by atoms with van der Waals surface area (Å²) >= 11 is 0. The molecule has 4 heteroatoms. The number of hydrogen-bond donors (Lipinski definition) is 1. The van der Waals surface area contributed by atoms with Crippen LogP contribution in [0.25, 0.3) is 6.08 Å². The first-order valence-corrected chi connectivity index (χ1v) is 4.03. The van der Waals surface area contributed by atoms with Gasteiger partial charge in [0, 0.05) is 11.8 Å². The molecule has 0 aromatic carbocycles. The Bertz CT molecular complexity index is 344. The number of aromatic nitrogens is 1. The molecule has 0 bridgehead atoms. The summed E-state index contributed by atoms with van der Waals surface area (Å²) in [5, 5.41) is 7.92. The van der Waals surface area contributed by atoms with E-state index in [0.717, 1.165) is 5.56 Å². The molecule has 1 aliphatic rings. The van der Waals surface area contributed by atoms with Gasteiger partial charge >= 0.3 is 0 Å². The van der Waals surface area contributed by atoms with Gasteiger partial charge in [0.05, 0.1) is 0 Å². The van der Waals surface area contributed by atoms with E-state index in [-0.39, 0.29) is 0 Å². The van der Waals surface area contributed by atoms with Crippen molar-refractivity contribution in [1.82, 2.24) is 4.98 Å². The maximum absolute atomic E-state index is 5.78. The minimum Gasteiger partial charge on any atom is -0.303 e. The molecule has 0 fully saturated rings. The van der Waals surface area contributed by atoms with Crippen molar-refractivity contribution in [3.05, 3.63) is 30.0 Å². The van der Waals surface area contributed by atoms with Crippen LogP contribution in [0.4, 0.5) is 5.82 Å². The Morgan fingerprint density at radius 1 is 1.46 bits per heavy atom. The molecule has 2 rings (SSSR count). The van der Waals surface area contributed by atoms with Crippen molar-refractivity contribution in [1.29, 1.82) is 0 Å². The Morgan fingerprint density at radius 2 is 2.31 bits per heavy atom. The summed E-state index contributed by atoms with van der Waals surface area (Å²) in [6.45, 7) is 1.79. The van der Waals surface area contributed by atoms with Gasteiger partial charge in [-0.05, 0) is 25.1 Å². The Labute approximate surface area is 76.2 Å². The molecule has 1 aromatic rings. The minimum atomic E-state index is -0.722. The van der Waals surface area contributed by atoms with Crippen LogP contribution in [-0.2, 0) is 0 Å². The maximum atomic E-state index is 5.78. The summed E-state index contributed by atoms with van der Waals surface area (Å²) in [5.41, 5.74) is 6.01. The zero-order chi connectivity index (χ0) is 9.31. The first kappa shape index (κ1) is 8.07. The first-order valence-electron chi connectivity index (χ1n) is 4.03. The van der Waals surface area contributed by atoms with E-state index in [2.05, 4.69) is 15.2 Å². The highest BCUT2D eigenvalue weighted by molar-refractivity contribution is 5.61. The molecule has 13 heavy (non-hydrogen) atoms. The predicted octanol–water partition coefficient (Wildman–Crippen LogP) is 1.87. The fourth-order valence-electron chi connectivity index (χ4n) is 1.07. The second-order valence-electron chi connectivity index (χ2n) is 3.18. The third kappa shape index (κ3) is 1.62. The number of rotatable bonds is 0. The highest BCUT2D eigenvalue weighted by atomic mass is 15.2. The van der Waals surface area contributed by atoms with Gasteiger partial charge in [0.25, 0.3) is 0 Å². The topological polar surface area (TPSA) is 63.6 Å². The van der Waals surface area contributed by atoms with Crippen LogP contribution in [0, 0.1) is 0 Å². The molecular formula is C9H10N4. The zero-order valence-electron chi connectivity index (χ0n) is 7.31. The lowest BCUT2D eigenvalue weighted by Gasteiger charge is -2.09. The summed E-state index contributed by atoms with van der Waals surface area (Å²) in [7, 11) is 0. The van der Waals surface area contributed by atoms with E-state index in [0.29, 0.717) is 5.82 Å². The van der Waals surface area contributed by atoms with Crippen molar-refractivity contribution < 1.29 is 0 Å². The average Bonchev–Trinajstić information content (AvgIpc) is 2.27. The summed E-state index contributed by atoms with van der Waals surface area (Å²) in [4.78, 5) is 4.08. The van der Waals surface area contributed by atoms with Crippen LogP contribution in [0.1, 0.15) is 12.5 Å². The van der Waals surface area contributed by atoms with E-state index < -0.39 is 5.66 Å². The Hall–Kier alpha value is -1.55. The highest BCUT2D eigenvalue weighted by Gasteiger charge is 2.15. The molecule has 0 saturated heterocycles. The molecule has 0 saturated carbocycles. The number of hydrogen-bond acceptors (Lipinski definition) is 4. The molecule has 0 spiro atoms. The second kappa shape index (κ2) is 2.74. The van der Waals surface area contributed by atoms with Crippen molar-refractivity contribution >= 4 is 11.9 Å². The smallest absolute Gasteiger partial charge is 0.181 e. The molecule has 0 amide bonds. The van der Waals surface area contributed by atoms with Crippen molar-refractivity contribution in [2.75, 3.05) is 0 Å².